The van der Waals surface area contributed by atoms with E-state index in [4.69, 9.17) is 9.47 Å². The number of nitrogens with zero attached hydrogens (tertiary/aromatic N) is 2. The van der Waals surface area contributed by atoms with Crippen LogP contribution in [-0.2, 0) is 9.47 Å². The minimum absolute atomic E-state index is 0.00522. The van der Waals surface area contributed by atoms with E-state index in [9.17, 15) is 4.79 Å². The molecule has 2 aromatic rings. The molecule has 0 spiro atoms. The molecule has 0 saturated carbocycles. The summed E-state index contributed by atoms with van der Waals surface area (Å²) in [7, 11) is 0. The number of carbonyl (C=O) groups excluding carboxylic acids is 1. The van der Waals surface area contributed by atoms with E-state index >= 15 is 0 Å². The number of piperidine rings is 1. The number of carbonyl (C=O) groups is 1. The molecule has 5 nitrogen and oxygen atoms in total. The smallest absolute Gasteiger partial charge is 0.273 e. The van der Waals surface area contributed by atoms with Crippen LogP contribution in [0.5, 0.6) is 0 Å². The zero-order valence-electron chi connectivity index (χ0n) is 12.6. The Kier molecular flexibility index (Phi) is 4.43. The lowest BCUT2D eigenvalue weighted by molar-refractivity contribution is -0.100. The third-order valence-electron chi connectivity index (χ3n) is 4.23. The molecule has 0 N–H and O–H groups in total. The SMILES string of the molecule is O=C(c1csc(-c2cccs2)n1)N1CCCCC1C1OCCO1. The molecule has 2 aliphatic rings. The normalized spacial score (nSPS) is 22.6. The van der Waals surface area contributed by atoms with Crippen LogP contribution in [0.15, 0.2) is 22.9 Å². The zero-order chi connectivity index (χ0) is 15.6. The molecule has 4 heterocycles. The number of amides is 1. The van der Waals surface area contributed by atoms with Crippen LogP contribution < -0.4 is 0 Å². The number of thiazole rings is 1. The highest BCUT2D eigenvalue weighted by molar-refractivity contribution is 7.20. The van der Waals surface area contributed by atoms with Crippen molar-refractivity contribution in [3.63, 3.8) is 0 Å². The number of rotatable bonds is 3. The minimum Gasteiger partial charge on any atom is -0.348 e. The van der Waals surface area contributed by atoms with Gasteiger partial charge >= 0.3 is 0 Å². The van der Waals surface area contributed by atoms with E-state index in [0.29, 0.717) is 18.9 Å². The van der Waals surface area contributed by atoms with E-state index in [2.05, 4.69) is 4.98 Å². The lowest BCUT2D eigenvalue weighted by Gasteiger charge is -2.37. The monoisotopic (exact) mass is 350 g/mol. The van der Waals surface area contributed by atoms with Crippen LogP contribution in [0.2, 0.25) is 0 Å². The van der Waals surface area contributed by atoms with Crippen molar-refractivity contribution in [2.24, 2.45) is 0 Å². The summed E-state index contributed by atoms with van der Waals surface area (Å²) < 4.78 is 11.3. The van der Waals surface area contributed by atoms with Crippen molar-refractivity contribution in [3.8, 4) is 9.88 Å². The van der Waals surface area contributed by atoms with Gasteiger partial charge in [0.2, 0.25) is 0 Å². The Morgan fingerprint density at radius 3 is 2.91 bits per heavy atom. The summed E-state index contributed by atoms with van der Waals surface area (Å²) in [6, 6.07) is 4.03. The first-order chi connectivity index (χ1) is 11.3. The second-order valence-corrected chi connectivity index (χ2v) is 7.49. The standard InChI is InChI=1S/C16H18N2O3S2/c19-15(11-10-23-14(17-11)13-5-3-9-22-13)18-6-2-1-4-12(18)16-20-7-8-21-16/h3,5,9-10,12,16H,1-2,4,6-8H2. The summed E-state index contributed by atoms with van der Waals surface area (Å²) in [5.74, 6) is -0.00661. The number of thiophene rings is 1. The van der Waals surface area contributed by atoms with Crippen molar-refractivity contribution in [2.45, 2.75) is 31.6 Å². The van der Waals surface area contributed by atoms with Gasteiger partial charge in [0.1, 0.15) is 10.7 Å². The summed E-state index contributed by atoms with van der Waals surface area (Å²) in [6.45, 7) is 1.98. The maximum atomic E-state index is 12.9. The van der Waals surface area contributed by atoms with Crippen molar-refractivity contribution in [2.75, 3.05) is 19.8 Å². The van der Waals surface area contributed by atoms with Gasteiger partial charge in [0, 0.05) is 11.9 Å². The van der Waals surface area contributed by atoms with Gasteiger partial charge in [0.25, 0.3) is 5.91 Å². The molecule has 23 heavy (non-hydrogen) atoms. The van der Waals surface area contributed by atoms with E-state index in [1.54, 1.807) is 11.3 Å². The Morgan fingerprint density at radius 1 is 1.26 bits per heavy atom. The van der Waals surface area contributed by atoms with E-state index < -0.39 is 0 Å². The molecule has 7 heteroatoms. The number of hydrogen-bond donors (Lipinski definition) is 0. The Labute approximate surface area is 142 Å². The maximum absolute atomic E-state index is 12.9. The zero-order valence-corrected chi connectivity index (χ0v) is 14.3. The molecular weight excluding hydrogens is 332 g/mol. The summed E-state index contributed by atoms with van der Waals surface area (Å²) in [6.07, 6.45) is 2.78. The molecule has 2 aromatic heterocycles. The Bertz CT molecular complexity index is 665. The molecule has 0 radical (unpaired) electrons. The molecule has 0 aromatic carbocycles. The molecule has 0 bridgehead atoms. The lowest BCUT2D eigenvalue weighted by Crippen LogP contribution is -2.50. The van der Waals surface area contributed by atoms with Gasteiger partial charge in [-0.2, -0.15) is 0 Å². The highest BCUT2D eigenvalue weighted by Gasteiger charge is 2.37. The van der Waals surface area contributed by atoms with E-state index in [1.807, 2.05) is 27.8 Å². The van der Waals surface area contributed by atoms with E-state index in [-0.39, 0.29) is 18.2 Å². The first-order valence-corrected chi connectivity index (χ1v) is 9.62. The molecular formula is C16H18N2O3S2. The van der Waals surface area contributed by atoms with Gasteiger partial charge in [0.15, 0.2) is 6.29 Å². The molecule has 0 aliphatic carbocycles. The van der Waals surface area contributed by atoms with Crippen LogP contribution in [0.1, 0.15) is 29.8 Å². The van der Waals surface area contributed by atoms with Gasteiger partial charge in [-0.05, 0) is 30.7 Å². The van der Waals surface area contributed by atoms with Crippen LogP contribution in [0.3, 0.4) is 0 Å². The summed E-state index contributed by atoms with van der Waals surface area (Å²) in [4.78, 5) is 20.5. The van der Waals surface area contributed by atoms with Crippen LogP contribution >= 0.6 is 22.7 Å². The molecule has 122 valence electrons. The fraction of sp³-hybridized carbons (Fsp3) is 0.500. The first-order valence-electron chi connectivity index (χ1n) is 7.86. The fourth-order valence-corrected chi connectivity index (χ4v) is 4.73. The van der Waals surface area contributed by atoms with Gasteiger partial charge in [0.05, 0.1) is 24.1 Å². The summed E-state index contributed by atoms with van der Waals surface area (Å²) in [5, 5.41) is 4.79. The maximum Gasteiger partial charge on any atom is 0.273 e. The van der Waals surface area contributed by atoms with Crippen LogP contribution in [-0.4, -0.2) is 47.9 Å². The van der Waals surface area contributed by atoms with Crippen LogP contribution in [0.4, 0.5) is 0 Å². The molecule has 4 rings (SSSR count). The average molecular weight is 350 g/mol. The number of aromatic nitrogens is 1. The van der Waals surface area contributed by atoms with E-state index in [0.717, 1.165) is 35.7 Å². The molecule has 2 fully saturated rings. The number of hydrogen-bond acceptors (Lipinski definition) is 6. The van der Waals surface area contributed by atoms with Crippen molar-refractivity contribution in [1.82, 2.24) is 9.88 Å². The second-order valence-electron chi connectivity index (χ2n) is 5.69. The van der Waals surface area contributed by atoms with Gasteiger partial charge in [-0.3, -0.25) is 4.79 Å². The average Bonchev–Trinajstić information content (AvgIpc) is 3.35. The van der Waals surface area contributed by atoms with Crippen molar-refractivity contribution >= 4 is 28.6 Å². The van der Waals surface area contributed by atoms with Gasteiger partial charge in [-0.15, -0.1) is 22.7 Å². The predicted octanol–water partition coefficient (Wildman–Crippen LogP) is 3.24. The number of ether oxygens (including phenoxy) is 2. The Morgan fingerprint density at radius 2 is 2.13 bits per heavy atom. The highest BCUT2D eigenvalue weighted by Crippen LogP contribution is 2.30. The third-order valence-corrected chi connectivity index (χ3v) is 6.11. The Hall–Kier alpha value is -1.28. The van der Waals surface area contributed by atoms with Crippen molar-refractivity contribution in [3.05, 3.63) is 28.6 Å². The van der Waals surface area contributed by atoms with Crippen LogP contribution in [0, 0.1) is 0 Å². The Balaban J connectivity index is 1.54. The largest absolute Gasteiger partial charge is 0.348 e. The molecule has 1 amide bonds. The van der Waals surface area contributed by atoms with E-state index in [1.165, 1.54) is 11.3 Å². The van der Waals surface area contributed by atoms with Gasteiger partial charge < -0.3 is 14.4 Å². The number of likely N-dealkylation sites (tertiary alicyclic amines) is 1. The highest BCUT2D eigenvalue weighted by atomic mass is 32.1. The van der Waals surface area contributed by atoms with Gasteiger partial charge in [-0.25, -0.2) is 4.98 Å². The minimum atomic E-state index is -0.283. The lowest BCUT2D eigenvalue weighted by atomic mass is 10.0. The molecule has 1 unspecified atom stereocenters. The predicted molar refractivity (Wildman–Crippen MR) is 89.8 cm³/mol. The topological polar surface area (TPSA) is 51.7 Å². The molecule has 2 aliphatic heterocycles. The first kappa shape index (κ1) is 15.3. The second kappa shape index (κ2) is 6.68. The molecule has 2 saturated heterocycles. The summed E-state index contributed by atoms with van der Waals surface area (Å²) in [5.41, 5.74) is 0.531. The van der Waals surface area contributed by atoms with Crippen LogP contribution in [0.25, 0.3) is 9.88 Å². The quantitative estimate of drug-likeness (QED) is 0.853. The van der Waals surface area contributed by atoms with Crippen molar-refractivity contribution < 1.29 is 14.3 Å². The van der Waals surface area contributed by atoms with Crippen molar-refractivity contribution in [1.29, 1.82) is 0 Å². The third kappa shape index (κ3) is 3.06. The van der Waals surface area contributed by atoms with Gasteiger partial charge in [-0.1, -0.05) is 6.07 Å². The fourth-order valence-electron chi connectivity index (χ4n) is 3.12. The summed E-state index contributed by atoms with van der Waals surface area (Å²) >= 11 is 3.16. The molecule has 1 atom stereocenters.